The molecule has 0 atom stereocenters. The van der Waals surface area contributed by atoms with Crippen LogP contribution in [0.1, 0.15) is 11.1 Å². The van der Waals surface area contributed by atoms with Crippen molar-refractivity contribution in [2.45, 2.75) is 0 Å². The highest BCUT2D eigenvalue weighted by Crippen LogP contribution is 2.00. The third-order valence-corrected chi connectivity index (χ3v) is 0.887. The van der Waals surface area contributed by atoms with E-state index in [1.54, 1.807) is 12.3 Å². The van der Waals surface area contributed by atoms with E-state index >= 15 is 0 Å². The van der Waals surface area contributed by atoms with Crippen molar-refractivity contribution in [2.75, 3.05) is 0 Å². The summed E-state index contributed by atoms with van der Waals surface area (Å²) < 4.78 is 0. The van der Waals surface area contributed by atoms with Crippen molar-refractivity contribution in [1.29, 1.82) is 0 Å². The standard InChI is InChI=1S/C7H5N/c1-6-3-4-8-5-7(6)2/h1-5H. The Labute approximate surface area is 49.4 Å². The van der Waals surface area contributed by atoms with Crippen LogP contribution < -0.4 is 0 Å². The maximum atomic E-state index is 5.35. The van der Waals surface area contributed by atoms with Gasteiger partial charge in [0.2, 0.25) is 0 Å². The van der Waals surface area contributed by atoms with E-state index < -0.39 is 0 Å². The predicted molar refractivity (Wildman–Crippen MR) is 31.0 cm³/mol. The molecule has 1 nitrogen and oxygen atoms in total. The largest absolute Gasteiger partial charge is 0.264 e. The van der Waals surface area contributed by atoms with Crippen LogP contribution in [0.3, 0.4) is 0 Å². The first kappa shape index (κ1) is 5.29. The van der Waals surface area contributed by atoms with E-state index in [0.717, 1.165) is 0 Å². The third-order valence-electron chi connectivity index (χ3n) is 0.887. The number of pyridine rings is 1. The van der Waals surface area contributed by atoms with Gasteiger partial charge < -0.3 is 0 Å². The first-order valence-electron chi connectivity index (χ1n) is 2.25. The van der Waals surface area contributed by atoms with Crippen LogP contribution in [0.25, 0.3) is 0 Å². The van der Waals surface area contributed by atoms with E-state index in [1.807, 2.05) is 0 Å². The first-order valence-corrected chi connectivity index (χ1v) is 2.25. The molecular formula is C7H5N. The fourth-order valence-corrected chi connectivity index (χ4v) is 0.417. The predicted octanol–water partition coefficient (Wildman–Crippen LogP) is 1.20. The third kappa shape index (κ3) is 0.861. The quantitative estimate of drug-likeness (QED) is 0.480. The normalized spacial score (nSPS) is 9.25. The SMILES string of the molecule is [CH]c1ccncc1[CH]. The zero-order valence-electron chi connectivity index (χ0n) is 4.33. The van der Waals surface area contributed by atoms with Gasteiger partial charge in [-0.15, -0.1) is 0 Å². The lowest BCUT2D eigenvalue weighted by Crippen LogP contribution is -1.79. The van der Waals surface area contributed by atoms with Crippen LogP contribution >= 0.6 is 0 Å². The average molecular weight is 103 g/mol. The maximum absolute atomic E-state index is 5.35. The van der Waals surface area contributed by atoms with Gasteiger partial charge >= 0.3 is 0 Å². The van der Waals surface area contributed by atoms with Gasteiger partial charge in [-0.2, -0.15) is 0 Å². The van der Waals surface area contributed by atoms with E-state index in [9.17, 15) is 0 Å². The Morgan fingerprint density at radius 2 is 2.00 bits per heavy atom. The Morgan fingerprint density at radius 3 is 2.38 bits per heavy atom. The summed E-state index contributed by atoms with van der Waals surface area (Å²) in [4.78, 5) is 3.74. The van der Waals surface area contributed by atoms with Crippen molar-refractivity contribution in [3.63, 3.8) is 0 Å². The highest BCUT2D eigenvalue weighted by atomic mass is 14.6. The molecule has 0 saturated heterocycles. The molecule has 1 heterocycles. The fourth-order valence-electron chi connectivity index (χ4n) is 0.417. The van der Waals surface area contributed by atoms with Crippen molar-refractivity contribution >= 4 is 0 Å². The summed E-state index contributed by atoms with van der Waals surface area (Å²) in [7, 11) is 0. The second-order valence-electron chi connectivity index (χ2n) is 1.50. The number of aromatic nitrogens is 1. The van der Waals surface area contributed by atoms with Crippen molar-refractivity contribution in [2.24, 2.45) is 0 Å². The van der Waals surface area contributed by atoms with Gasteiger partial charge in [0.25, 0.3) is 0 Å². The molecule has 0 saturated carbocycles. The molecule has 0 N–H and O–H groups in total. The summed E-state index contributed by atoms with van der Waals surface area (Å²) in [5.74, 6) is 0. The number of nitrogens with zero attached hydrogens (tertiary/aromatic N) is 1. The molecule has 1 rings (SSSR count). The van der Waals surface area contributed by atoms with Crippen LogP contribution in [0.2, 0.25) is 0 Å². The molecule has 1 aromatic heterocycles. The molecule has 0 spiro atoms. The van der Waals surface area contributed by atoms with Crippen molar-refractivity contribution in [1.82, 2.24) is 4.98 Å². The summed E-state index contributed by atoms with van der Waals surface area (Å²) in [5, 5.41) is 0. The summed E-state index contributed by atoms with van der Waals surface area (Å²) >= 11 is 0. The van der Waals surface area contributed by atoms with Crippen LogP contribution in [0.5, 0.6) is 0 Å². The van der Waals surface area contributed by atoms with Gasteiger partial charge in [0, 0.05) is 19.3 Å². The topological polar surface area (TPSA) is 12.9 Å². The van der Waals surface area contributed by atoms with Gasteiger partial charge in [-0.3, -0.25) is 4.98 Å². The number of hydrogen-bond acceptors (Lipinski definition) is 1. The Bertz CT molecular complexity index is 160. The smallest absolute Gasteiger partial charge is 0.0306 e. The van der Waals surface area contributed by atoms with Gasteiger partial charge in [-0.1, -0.05) is 0 Å². The van der Waals surface area contributed by atoms with Gasteiger partial charge in [0.15, 0.2) is 0 Å². The van der Waals surface area contributed by atoms with Crippen LogP contribution in [0.15, 0.2) is 18.5 Å². The van der Waals surface area contributed by atoms with Crippen LogP contribution in [0.4, 0.5) is 0 Å². The molecule has 8 heavy (non-hydrogen) atoms. The summed E-state index contributed by atoms with van der Waals surface area (Å²) in [6.07, 6.45) is 3.13. The van der Waals surface area contributed by atoms with Crippen LogP contribution in [-0.4, -0.2) is 4.98 Å². The minimum atomic E-state index is 0.535. The molecule has 4 radical (unpaired) electrons. The lowest BCUT2D eigenvalue weighted by Gasteiger charge is -1.91. The zero-order valence-corrected chi connectivity index (χ0v) is 4.33. The molecule has 38 valence electrons. The molecule has 0 aromatic carbocycles. The number of hydrogen-bond donors (Lipinski definition) is 0. The van der Waals surface area contributed by atoms with E-state index in [-0.39, 0.29) is 0 Å². The Hall–Kier alpha value is -0.850. The lowest BCUT2D eigenvalue weighted by molar-refractivity contribution is 1.29. The monoisotopic (exact) mass is 103 g/mol. The first-order chi connectivity index (χ1) is 3.80. The summed E-state index contributed by atoms with van der Waals surface area (Å²) in [5.41, 5.74) is 1.12. The molecule has 1 aromatic rings. The second-order valence-corrected chi connectivity index (χ2v) is 1.50. The lowest BCUT2D eigenvalue weighted by atomic mass is 10.2. The Balaban J connectivity index is 3.13. The van der Waals surface area contributed by atoms with Crippen molar-refractivity contribution < 1.29 is 0 Å². The molecule has 0 aliphatic heterocycles. The van der Waals surface area contributed by atoms with Gasteiger partial charge in [-0.05, 0) is 24.1 Å². The maximum Gasteiger partial charge on any atom is 0.0306 e. The molecule has 0 unspecified atom stereocenters. The highest BCUT2D eigenvalue weighted by Gasteiger charge is 1.85. The van der Waals surface area contributed by atoms with Crippen molar-refractivity contribution in [3.8, 4) is 0 Å². The van der Waals surface area contributed by atoms with E-state index in [4.69, 9.17) is 13.8 Å². The van der Waals surface area contributed by atoms with Crippen LogP contribution in [0, 0.1) is 13.8 Å². The van der Waals surface area contributed by atoms with Gasteiger partial charge in [0.05, 0.1) is 0 Å². The molecule has 1 heteroatoms. The molecule has 0 fully saturated rings. The molecule has 0 bridgehead atoms. The van der Waals surface area contributed by atoms with Gasteiger partial charge in [0.1, 0.15) is 0 Å². The average Bonchev–Trinajstić information content (AvgIpc) is 1.77. The second kappa shape index (κ2) is 1.95. The summed E-state index contributed by atoms with van der Waals surface area (Å²) in [6, 6.07) is 1.66. The molecule has 0 aliphatic carbocycles. The van der Waals surface area contributed by atoms with E-state index in [2.05, 4.69) is 4.98 Å². The van der Waals surface area contributed by atoms with Gasteiger partial charge in [-0.25, -0.2) is 0 Å². The molecule has 0 amide bonds. The number of rotatable bonds is 0. The van der Waals surface area contributed by atoms with E-state index in [0.29, 0.717) is 11.1 Å². The summed E-state index contributed by atoms with van der Waals surface area (Å²) in [6.45, 7) is 10.7. The highest BCUT2D eigenvalue weighted by molar-refractivity contribution is 5.27. The fraction of sp³-hybridized carbons (Fsp3) is 0. The Kier molecular flexibility index (Phi) is 1.29. The minimum Gasteiger partial charge on any atom is -0.264 e. The Morgan fingerprint density at radius 1 is 1.25 bits per heavy atom. The van der Waals surface area contributed by atoms with Crippen molar-refractivity contribution in [3.05, 3.63) is 43.4 Å². The van der Waals surface area contributed by atoms with E-state index in [1.165, 1.54) is 6.20 Å². The molecular weight excluding hydrogens is 98.1 g/mol. The zero-order chi connectivity index (χ0) is 5.98. The van der Waals surface area contributed by atoms with Crippen LogP contribution in [-0.2, 0) is 0 Å². The minimum absolute atomic E-state index is 0.535. The molecule has 0 aliphatic rings.